The van der Waals surface area contributed by atoms with Crippen molar-refractivity contribution < 1.29 is 4.79 Å². The average Bonchev–Trinajstić information content (AvgIpc) is 3.46. The van der Waals surface area contributed by atoms with Crippen LogP contribution in [0, 0.1) is 6.92 Å². The van der Waals surface area contributed by atoms with Gasteiger partial charge in [0.1, 0.15) is 11.6 Å². The van der Waals surface area contributed by atoms with Gasteiger partial charge in [0.05, 0.1) is 6.04 Å². The van der Waals surface area contributed by atoms with Gasteiger partial charge in [-0.05, 0) is 31.7 Å². The number of anilines is 1. The third-order valence-corrected chi connectivity index (χ3v) is 4.85. The van der Waals surface area contributed by atoms with Gasteiger partial charge in [-0.25, -0.2) is 9.97 Å². The van der Waals surface area contributed by atoms with Crippen molar-refractivity contribution in [2.45, 2.75) is 57.9 Å². The zero-order valence-electron chi connectivity index (χ0n) is 16.8. The first kappa shape index (κ1) is 19.3. The number of hydrogen-bond acceptors (Lipinski definition) is 4. The molecule has 0 spiro atoms. The van der Waals surface area contributed by atoms with Gasteiger partial charge in [-0.1, -0.05) is 36.8 Å². The number of aromatic nitrogens is 2. The maximum absolute atomic E-state index is 12.3. The standard InChI is InChI=1S/C22H30N4O/c1-5-7-21(27)24-19(17-9-6-8-15(2)12-17)13-18-14-20(26(3)4)25-22(23-18)16-10-11-16/h6,8-9,12,14,16,19H,5,7,10-11,13H2,1-4H3,(H,24,27)/t19-/m0/s1. The van der Waals surface area contributed by atoms with Gasteiger partial charge in [0, 0.05) is 44.6 Å². The van der Waals surface area contributed by atoms with E-state index in [0.29, 0.717) is 18.8 Å². The zero-order valence-corrected chi connectivity index (χ0v) is 16.8. The minimum absolute atomic E-state index is 0.0825. The van der Waals surface area contributed by atoms with Crippen LogP contribution in [-0.4, -0.2) is 30.0 Å². The molecule has 1 aromatic heterocycles. The van der Waals surface area contributed by atoms with Crippen LogP contribution >= 0.6 is 0 Å². The summed E-state index contributed by atoms with van der Waals surface area (Å²) in [6.07, 6.45) is 4.40. The van der Waals surface area contributed by atoms with Gasteiger partial charge in [-0.15, -0.1) is 0 Å². The van der Waals surface area contributed by atoms with Crippen LogP contribution < -0.4 is 10.2 Å². The number of benzene rings is 1. The van der Waals surface area contributed by atoms with Crippen LogP contribution in [0.5, 0.6) is 0 Å². The molecule has 1 fully saturated rings. The number of hydrogen-bond donors (Lipinski definition) is 1. The van der Waals surface area contributed by atoms with Crippen LogP contribution in [0.3, 0.4) is 0 Å². The van der Waals surface area contributed by atoms with E-state index in [-0.39, 0.29) is 11.9 Å². The fourth-order valence-electron chi connectivity index (χ4n) is 3.20. The van der Waals surface area contributed by atoms with Gasteiger partial charge in [-0.3, -0.25) is 4.79 Å². The molecule has 0 unspecified atom stereocenters. The van der Waals surface area contributed by atoms with Crippen molar-refractivity contribution in [3.63, 3.8) is 0 Å². The van der Waals surface area contributed by atoms with E-state index in [9.17, 15) is 4.79 Å². The molecule has 5 nitrogen and oxygen atoms in total. The Morgan fingerprint density at radius 3 is 2.67 bits per heavy atom. The summed E-state index contributed by atoms with van der Waals surface area (Å²) < 4.78 is 0. The van der Waals surface area contributed by atoms with Crippen molar-refractivity contribution in [2.75, 3.05) is 19.0 Å². The number of nitrogens with zero attached hydrogens (tertiary/aromatic N) is 3. The van der Waals surface area contributed by atoms with E-state index >= 15 is 0 Å². The highest BCUT2D eigenvalue weighted by molar-refractivity contribution is 5.76. The minimum Gasteiger partial charge on any atom is -0.363 e. The molecule has 1 aliphatic carbocycles. The van der Waals surface area contributed by atoms with Crippen LogP contribution in [-0.2, 0) is 11.2 Å². The largest absolute Gasteiger partial charge is 0.363 e. The molecule has 0 aliphatic heterocycles. The topological polar surface area (TPSA) is 58.1 Å². The summed E-state index contributed by atoms with van der Waals surface area (Å²) in [6.45, 7) is 4.10. The fraction of sp³-hybridized carbons (Fsp3) is 0.500. The molecule has 1 N–H and O–H groups in total. The SMILES string of the molecule is CCCC(=O)N[C@@H](Cc1cc(N(C)C)nc(C2CC2)n1)c1cccc(C)c1. The highest BCUT2D eigenvalue weighted by Crippen LogP contribution is 2.38. The van der Waals surface area contributed by atoms with Crippen molar-refractivity contribution in [2.24, 2.45) is 0 Å². The second-order valence-corrected chi connectivity index (χ2v) is 7.73. The Bertz CT molecular complexity index is 778. The molecule has 1 saturated carbocycles. The summed E-state index contributed by atoms with van der Waals surface area (Å²) in [7, 11) is 4.01. The van der Waals surface area contributed by atoms with E-state index in [1.165, 1.54) is 18.4 Å². The lowest BCUT2D eigenvalue weighted by molar-refractivity contribution is -0.121. The Labute approximate surface area is 162 Å². The van der Waals surface area contributed by atoms with Crippen molar-refractivity contribution in [1.29, 1.82) is 0 Å². The van der Waals surface area contributed by atoms with Crippen LogP contribution in [0.15, 0.2) is 30.3 Å². The first-order valence-electron chi connectivity index (χ1n) is 9.87. The van der Waals surface area contributed by atoms with E-state index < -0.39 is 0 Å². The third kappa shape index (κ3) is 5.28. The van der Waals surface area contributed by atoms with Crippen molar-refractivity contribution in [3.8, 4) is 0 Å². The summed E-state index contributed by atoms with van der Waals surface area (Å²) >= 11 is 0. The monoisotopic (exact) mass is 366 g/mol. The maximum Gasteiger partial charge on any atom is 0.220 e. The van der Waals surface area contributed by atoms with E-state index in [1.807, 2.05) is 38.1 Å². The van der Waals surface area contributed by atoms with Crippen LogP contribution in [0.2, 0.25) is 0 Å². The Morgan fingerprint density at radius 2 is 2.04 bits per heavy atom. The van der Waals surface area contributed by atoms with E-state index in [1.54, 1.807) is 0 Å². The molecule has 0 saturated heterocycles. The van der Waals surface area contributed by atoms with Crippen molar-refractivity contribution in [1.82, 2.24) is 15.3 Å². The molecule has 2 aromatic rings. The molecular weight excluding hydrogens is 336 g/mol. The van der Waals surface area contributed by atoms with Gasteiger partial charge in [0.2, 0.25) is 5.91 Å². The number of amides is 1. The zero-order chi connectivity index (χ0) is 19.4. The van der Waals surface area contributed by atoms with Gasteiger partial charge in [-0.2, -0.15) is 0 Å². The molecule has 1 heterocycles. The molecule has 144 valence electrons. The van der Waals surface area contributed by atoms with E-state index in [4.69, 9.17) is 9.97 Å². The smallest absolute Gasteiger partial charge is 0.220 e. The minimum atomic E-state index is -0.0825. The van der Waals surface area contributed by atoms with Crippen LogP contribution in [0.4, 0.5) is 5.82 Å². The Balaban J connectivity index is 1.89. The molecule has 1 aromatic carbocycles. The molecule has 1 atom stereocenters. The molecule has 1 aliphatic rings. The normalized spacial score (nSPS) is 14.7. The number of nitrogens with one attached hydrogen (secondary N) is 1. The molecule has 3 rings (SSSR count). The van der Waals surface area contributed by atoms with Gasteiger partial charge >= 0.3 is 0 Å². The molecule has 27 heavy (non-hydrogen) atoms. The number of carbonyl (C=O) groups excluding carboxylic acids is 1. The molecule has 1 amide bonds. The molecular formula is C22H30N4O. The van der Waals surface area contributed by atoms with Gasteiger partial charge in [0.25, 0.3) is 0 Å². The average molecular weight is 367 g/mol. The predicted molar refractivity (Wildman–Crippen MR) is 109 cm³/mol. The summed E-state index contributed by atoms with van der Waals surface area (Å²) in [4.78, 5) is 23.9. The second kappa shape index (κ2) is 8.51. The van der Waals surface area contributed by atoms with Crippen molar-refractivity contribution >= 4 is 11.7 Å². The van der Waals surface area contributed by atoms with E-state index in [0.717, 1.165) is 29.3 Å². The molecule has 5 heteroatoms. The predicted octanol–water partition coefficient (Wildman–Crippen LogP) is 3.93. The number of aryl methyl sites for hydroxylation is 1. The first-order valence-corrected chi connectivity index (χ1v) is 9.87. The van der Waals surface area contributed by atoms with Gasteiger partial charge < -0.3 is 10.2 Å². The summed E-state index contributed by atoms with van der Waals surface area (Å²) in [5.41, 5.74) is 3.30. The first-order chi connectivity index (χ1) is 13.0. The Hall–Kier alpha value is -2.43. The quantitative estimate of drug-likeness (QED) is 0.769. The summed E-state index contributed by atoms with van der Waals surface area (Å²) in [5, 5.41) is 3.21. The molecule has 0 bridgehead atoms. The lowest BCUT2D eigenvalue weighted by Crippen LogP contribution is -2.30. The highest BCUT2D eigenvalue weighted by atomic mass is 16.1. The number of rotatable bonds is 8. The van der Waals surface area contributed by atoms with Crippen LogP contribution in [0.1, 0.15) is 67.2 Å². The number of carbonyl (C=O) groups is 1. The Kier molecular flexibility index (Phi) is 6.09. The lowest BCUT2D eigenvalue weighted by atomic mass is 9.99. The fourth-order valence-corrected chi connectivity index (χ4v) is 3.20. The van der Waals surface area contributed by atoms with E-state index in [2.05, 4.69) is 30.4 Å². The Morgan fingerprint density at radius 1 is 1.26 bits per heavy atom. The van der Waals surface area contributed by atoms with Crippen LogP contribution in [0.25, 0.3) is 0 Å². The molecule has 0 radical (unpaired) electrons. The van der Waals surface area contributed by atoms with Crippen molar-refractivity contribution in [3.05, 3.63) is 53.0 Å². The van der Waals surface area contributed by atoms with Gasteiger partial charge in [0.15, 0.2) is 0 Å². The lowest BCUT2D eigenvalue weighted by Gasteiger charge is -2.21. The maximum atomic E-state index is 12.3. The second-order valence-electron chi connectivity index (χ2n) is 7.73. The summed E-state index contributed by atoms with van der Waals surface area (Å²) in [6, 6.07) is 10.3. The highest BCUT2D eigenvalue weighted by Gasteiger charge is 2.28. The summed E-state index contributed by atoms with van der Waals surface area (Å²) in [5.74, 6) is 2.47. The third-order valence-electron chi connectivity index (χ3n) is 4.85.